The summed E-state index contributed by atoms with van der Waals surface area (Å²) in [7, 11) is -3.48. The summed E-state index contributed by atoms with van der Waals surface area (Å²) in [6.07, 6.45) is 0. The lowest BCUT2D eigenvalue weighted by atomic mass is 10.5. The zero-order chi connectivity index (χ0) is 9.78. The standard InChI is InChI=1S/C5H13N3O3S/c1-4(2-6)12(10,11)8-3-5(7)9/h4,8H,2-3,6H2,1H3,(H2,7,9). The summed E-state index contributed by atoms with van der Waals surface area (Å²) in [5.41, 5.74) is 9.87. The number of carbonyl (C=O) groups is 1. The van der Waals surface area contributed by atoms with E-state index in [2.05, 4.69) is 0 Å². The first kappa shape index (κ1) is 11.3. The van der Waals surface area contributed by atoms with Gasteiger partial charge in [0.15, 0.2) is 0 Å². The fourth-order valence-electron chi connectivity index (χ4n) is 0.441. The number of carbonyl (C=O) groups excluding carboxylic acids is 1. The minimum atomic E-state index is -3.48. The van der Waals surface area contributed by atoms with Crippen molar-refractivity contribution in [3.63, 3.8) is 0 Å². The molecule has 6 nitrogen and oxygen atoms in total. The minimum absolute atomic E-state index is 0.00803. The molecule has 0 saturated heterocycles. The zero-order valence-electron chi connectivity index (χ0n) is 6.78. The van der Waals surface area contributed by atoms with Crippen LogP contribution in [0.5, 0.6) is 0 Å². The zero-order valence-corrected chi connectivity index (χ0v) is 7.60. The largest absolute Gasteiger partial charge is 0.369 e. The first-order chi connectivity index (χ1) is 5.40. The van der Waals surface area contributed by atoms with Gasteiger partial charge in [-0.2, -0.15) is 0 Å². The van der Waals surface area contributed by atoms with Crippen LogP contribution in [-0.4, -0.2) is 32.7 Å². The number of nitrogens with one attached hydrogen (secondary N) is 1. The first-order valence-electron chi connectivity index (χ1n) is 3.37. The molecule has 0 aliphatic rings. The highest BCUT2D eigenvalue weighted by molar-refractivity contribution is 7.90. The second kappa shape index (κ2) is 4.39. The topological polar surface area (TPSA) is 115 Å². The molecule has 0 spiro atoms. The van der Waals surface area contributed by atoms with E-state index in [1.54, 1.807) is 0 Å². The Kier molecular flexibility index (Phi) is 4.15. The molecule has 0 aromatic heterocycles. The molecule has 0 aromatic carbocycles. The Morgan fingerprint density at radius 3 is 2.42 bits per heavy atom. The average Bonchev–Trinajstić information content (AvgIpc) is 1.99. The second-order valence-electron chi connectivity index (χ2n) is 2.38. The number of hydrogen-bond donors (Lipinski definition) is 3. The molecular weight excluding hydrogens is 182 g/mol. The van der Waals surface area contributed by atoms with Gasteiger partial charge in [-0.1, -0.05) is 0 Å². The van der Waals surface area contributed by atoms with Crippen LogP contribution in [0.25, 0.3) is 0 Å². The number of nitrogens with two attached hydrogens (primary N) is 2. The summed E-state index contributed by atoms with van der Waals surface area (Å²) in [5.74, 6) is -0.720. The molecular formula is C5H13N3O3S. The third-order valence-corrected chi connectivity index (χ3v) is 3.11. The van der Waals surface area contributed by atoms with Crippen molar-refractivity contribution in [2.45, 2.75) is 12.2 Å². The van der Waals surface area contributed by atoms with Crippen LogP contribution in [0.4, 0.5) is 0 Å². The molecule has 1 atom stereocenters. The third kappa shape index (κ3) is 3.65. The molecule has 0 bridgehead atoms. The molecule has 0 aromatic rings. The number of primary amides is 1. The lowest BCUT2D eigenvalue weighted by Crippen LogP contribution is -2.41. The van der Waals surface area contributed by atoms with E-state index >= 15 is 0 Å². The van der Waals surface area contributed by atoms with Crippen molar-refractivity contribution < 1.29 is 13.2 Å². The van der Waals surface area contributed by atoms with Crippen molar-refractivity contribution in [1.29, 1.82) is 0 Å². The molecule has 12 heavy (non-hydrogen) atoms. The molecule has 72 valence electrons. The van der Waals surface area contributed by atoms with Gasteiger partial charge in [0.25, 0.3) is 0 Å². The van der Waals surface area contributed by atoms with Crippen LogP contribution in [0, 0.1) is 0 Å². The molecule has 1 amide bonds. The Labute approximate surface area is 71.4 Å². The number of rotatable bonds is 5. The van der Waals surface area contributed by atoms with Crippen LogP contribution in [0.15, 0.2) is 0 Å². The SMILES string of the molecule is CC(CN)S(=O)(=O)NCC(N)=O. The Balaban J connectivity index is 4.15. The molecule has 0 heterocycles. The van der Waals surface area contributed by atoms with E-state index in [9.17, 15) is 13.2 Å². The molecule has 0 radical (unpaired) electrons. The minimum Gasteiger partial charge on any atom is -0.369 e. The van der Waals surface area contributed by atoms with Crippen molar-refractivity contribution in [1.82, 2.24) is 4.72 Å². The third-order valence-electron chi connectivity index (χ3n) is 1.31. The van der Waals surface area contributed by atoms with Crippen LogP contribution in [-0.2, 0) is 14.8 Å². The van der Waals surface area contributed by atoms with E-state index in [1.165, 1.54) is 6.92 Å². The average molecular weight is 195 g/mol. The predicted octanol–water partition coefficient (Wildman–Crippen LogP) is -2.26. The van der Waals surface area contributed by atoms with Crippen LogP contribution in [0.3, 0.4) is 0 Å². The van der Waals surface area contributed by atoms with Gasteiger partial charge < -0.3 is 11.5 Å². The van der Waals surface area contributed by atoms with E-state index in [1.807, 2.05) is 4.72 Å². The smallest absolute Gasteiger partial charge is 0.232 e. The summed E-state index contributed by atoms with van der Waals surface area (Å²) in [5, 5.41) is -0.711. The Morgan fingerprint density at radius 2 is 2.08 bits per heavy atom. The van der Waals surface area contributed by atoms with E-state index < -0.39 is 21.2 Å². The molecule has 0 rings (SSSR count). The first-order valence-corrected chi connectivity index (χ1v) is 4.91. The van der Waals surface area contributed by atoms with Crippen LogP contribution < -0.4 is 16.2 Å². The second-order valence-corrected chi connectivity index (χ2v) is 4.56. The summed E-state index contributed by atoms with van der Waals surface area (Å²) >= 11 is 0. The van der Waals surface area contributed by atoms with E-state index in [-0.39, 0.29) is 13.1 Å². The van der Waals surface area contributed by atoms with Gasteiger partial charge in [0, 0.05) is 6.54 Å². The fraction of sp³-hybridized carbons (Fsp3) is 0.800. The summed E-state index contributed by atoms with van der Waals surface area (Å²) in [6.45, 7) is 1.07. The van der Waals surface area contributed by atoms with Gasteiger partial charge in [-0.05, 0) is 6.92 Å². The highest BCUT2D eigenvalue weighted by Crippen LogP contribution is 1.93. The maximum Gasteiger partial charge on any atom is 0.232 e. The molecule has 7 heteroatoms. The van der Waals surface area contributed by atoms with Crippen LogP contribution in [0.1, 0.15) is 6.92 Å². The van der Waals surface area contributed by atoms with Gasteiger partial charge in [0.1, 0.15) is 0 Å². The summed E-state index contributed by atoms with van der Waals surface area (Å²) in [4.78, 5) is 10.2. The quantitative estimate of drug-likeness (QED) is 0.459. The van der Waals surface area contributed by atoms with Crippen LogP contribution >= 0.6 is 0 Å². The van der Waals surface area contributed by atoms with Gasteiger partial charge in [0.05, 0.1) is 11.8 Å². The molecule has 0 saturated carbocycles. The van der Waals surface area contributed by atoms with Crippen molar-refractivity contribution >= 4 is 15.9 Å². The van der Waals surface area contributed by atoms with Gasteiger partial charge in [-0.3, -0.25) is 4.79 Å². The molecule has 1 unspecified atom stereocenters. The van der Waals surface area contributed by atoms with Crippen molar-refractivity contribution in [2.75, 3.05) is 13.1 Å². The molecule has 5 N–H and O–H groups in total. The Bertz CT molecular complexity index is 249. The van der Waals surface area contributed by atoms with Gasteiger partial charge in [-0.15, -0.1) is 0 Å². The Hall–Kier alpha value is -0.660. The van der Waals surface area contributed by atoms with E-state index in [0.29, 0.717) is 0 Å². The molecule has 0 aliphatic heterocycles. The maximum atomic E-state index is 11.1. The lowest BCUT2D eigenvalue weighted by molar-refractivity contribution is -0.116. The van der Waals surface area contributed by atoms with Crippen LogP contribution in [0.2, 0.25) is 0 Å². The summed E-state index contributed by atoms with van der Waals surface area (Å²) in [6, 6.07) is 0. The number of amides is 1. The van der Waals surface area contributed by atoms with Crippen molar-refractivity contribution in [3.8, 4) is 0 Å². The summed E-state index contributed by atoms with van der Waals surface area (Å²) < 4.78 is 24.2. The van der Waals surface area contributed by atoms with Crippen molar-refractivity contribution in [2.24, 2.45) is 11.5 Å². The highest BCUT2D eigenvalue weighted by atomic mass is 32.2. The number of sulfonamides is 1. The predicted molar refractivity (Wildman–Crippen MR) is 44.6 cm³/mol. The fourth-order valence-corrected chi connectivity index (χ4v) is 1.32. The van der Waals surface area contributed by atoms with Gasteiger partial charge in [0.2, 0.25) is 15.9 Å². The highest BCUT2D eigenvalue weighted by Gasteiger charge is 2.18. The molecule has 0 aliphatic carbocycles. The number of hydrogen-bond acceptors (Lipinski definition) is 4. The normalized spacial score (nSPS) is 14.2. The van der Waals surface area contributed by atoms with Crippen molar-refractivity contribution in [3.05, 3.63) is 0 Å². The van der Waals surface area contributed by atoms with Gasteiger partial charge in [-0.25, -0.2) is 13.1 Å². The monoisotopic (exact) mass is 195 g/mol. The lowest BCUT2D eigenvalue weighted by Gasteiger charge is -2.09. The van der Waals surface area contributed by atoms with Gasteiger partial charge >= 0.3 is 0 Å². The maximum absolute atomic E-state index is 11.1. The molecule has 0 fully saturated rings. The Morgan fingerprint density at radius 1 is 1.58 bits per heavy atom. The van der Waals surface area contributed by atoms with E-state index in [4.69, 9.17) is 11.5 Å². The van der Waals surface area contributed by atoms with E-state index in [0.717, 1.165) is 0 Å².